The Morgan fingerprint density at radius 2 is 2.15 bits per heavy atom. The zero-order valence-electron chi connectivity index (χ0n) is 11.4. The van der Waals surface area contributed by atoms with Gasteiger partial charge in [-0.3, -0.25) is 0 Å². The van der Waals surface area contributed by atoms with Gasteiger partial charge < -0.3 is 15.7 Å². The molecule has 1 aromatic carbocycles. The van der Waals surface area contributed by atoms with E-state index >= 15 is 0 Å². The summed E-state index contributed by atoms with van der Waals surface area (Å²) in [5.74, 6) is -0.354. The maximum atomic E-state index is 13.6. The van der Waals surface area contributed by atoms with Crippen molar-refractivity contribution in [3.8, 4) is 0 Å². The second-order valence-corrected chi connectivity index (χ2v) is 5.92. The molecule has 0 aliphatic heterocycles. The highest BCUT2D eigenvalue weighted by Crippen LogP contribution is 2.29. The fourth-order valence-corrected chi connectivity index (χ4v) is 2.98. The van der Waals surface area contributed by atoms with Crippen LogP contribution in [0, 0.1) is 5.82 Å². The molecule has 1 saturated carbocycles. The molecule has 1 aliphatic rings. The normalized spacial score (nSPS) is 16.9. The number of thioether (sulfide) groups is 1. The Balaban J connectivity index is 1.99. The summed E-state index contributed by atoms with van der Waals surface area (Å²) in [7, 11) is 0. The summed E-state index contributed by atoms with van der Waals surface area (Å²) >= 11 is 1.32. The number of hydrogen-bond acceptors (Lipinski definition) is 3. The first-order valence-corrected chi connectivity index (χ1v) is 7.85. The lowest BCUT2D eigenvalue weighted by Crippen LogP contribution is -2.50. The highest BCUT2D eigenvalue weighted by molar-refractivity contribution is 7.98. The molecule has 0 spiro atoms. The topological polar surface area (TPSA) is 61.4 Å². The Bertz CT molecular complexity index is 490. The largest absolute Gasteiger partial charge is 0.394 e. The van der Waals surface area contributed by atoms with E-state index in [2.05, 4.69) is 10.6 Å². The monoisotopic (exact) mass is 298 g/mol. The van der Waals surface area contributed by atoms with Crippen molar-refractivity contribution in [3.63, 3.8) is 0 Å². The van der Waals surface area contributed by atoms with Gasteiger partial charge in [0.15, 0.2) is 0 Å². The number of hydrogen-bond donors (Lipinski definition) is 3. The first kappa shape index (κ1) is 15.1. The summed E-state index contributed by atoms with van der Waals surface area (Å²) in [5.41, 5.74) is -0.120. The van der Waals surface area contributed by atoms with Crippen molar-refractivity contribution in [2.45, 2.75) is 36.1 Å². The lowest BCUT2D eigenvalue weighted by molar-refractivity contribution is 0.167. The molecule has 1 fully saturated rings. The predicted octanol–water partition coefficient (Wildman–Crippen LogP) is 2.97. The Morgan fingerprint density at radius 3 is 2.70 bits per heavy atom. The van der Waals surface area contributed by atoms with Gasteiger partial charge in [-0.15, -0.1) is 11.8 Å². The second kappa shape index (κ2) is 6.45. The number of urea groups is 1. The molecule has 0 unspecified atom stereocenters. The third-order valence-electron chi connectivity index (χ3n) is 3.65. The summed E-state index contributed by atoms with van der Waals surface area (Å²) in [6.07, 6.45) is 5.34. The third-order valence-corrected chi connectivity index (χ3v) is 4.42. The fourth-order valence-electron chi connectivity index (χ4n) is 2.52. The number of aliphatic hydroxyl groups excluding tert-OH is 1. The Kier molecular flexibility index (Phi) is 4.88. The van der Waals surface area contributed by atoms with Crippen molar-refractivity contribution < 1.29 is 14.3 Å². The summed E-state index contributed by atoms with van der Waals surface area (Å²) in [4.78, 5) is 12.5. The van der Waals surface area contributed by atoms with Crippen LogP contribution in [0.2, 0.25) is 0 Å². The van der Waals surface area contributed by atoms with E-state index in [0.29, 0.717) is 10.6 Å². The molecule has 0 atom stereocenters. The van der Waals surface area contributed by atoms with E-state index in [4.69, 9.17) is 0 Å². The van der Waals surface area contributed by atoms with Gasteiger partial charge in [-0.05, 0) is 37.3 Å². The van der Waals surface area contributed by atoms with E-state index in [-0.39, 0.29) is 12.4 Å². The van der Waals surface area contributed by atoms with E-state index < -0.39 is 11.6 Å². The van der Waals surface area contributed by atoms with Gasteiger partial charge in [0, 0.05) is 10.6 Å². The molecule has 4 nitrogen and oxygen atoms in total. The van der Waals surface area contributed by atoms with Crippen LogP contribution >= 0.6 is 11.8 Å². The van der Waals surface area contributed by atoms with Gasteiger partial charge in [-0.1, -0.05) is 12.8 Å². The van der Waals surface area contributed by atoms with Crippen molar-refractivity contribution in [3.05, 3.63) is 24.0 Å². The molecular weight excluding hydrogens is 279 g/mol. The predicted molar refractivity (Wildman–Crippen MR) is 78.6 cm³/mol. The standard InChI is InChI=1S/C14H19FN2O2S/c1-20-12-5-4-10(8-11(12)15)16-13(19)17-14(9-18)6-2-3-7-14/h4-5,8,18H,2-3,6-7,9H2,1H3,(H2,16,17,19). The number of amides is 2. The number of aliphatic hydroxyl groups is 1. The first-order valence-electron chi connectivity index (χ1n) is 6.62. The highest BCUT2D eigenvalue weighted by Gasteiger charge is 2.34. The lowest BCUT2D eigenvalue weighted by atomic mass is 9.99. The number of anilines is 1. The van der Waals surface area contributed by atoms with Gasteiger partial charge in [0.25, 0.3) is 0 Å². The van der Waals surface area contributed by atoms with Crippen LogP contribution in [-0.4, -0.2) is 29.5 Å². The molecule has 2 rings (SSSR count). The number of nitrogens with one attached hydrogen (secondary N) is 2. The van der Waals surface area contributed by atoms with E-state index in [1.165, 1.54) is 17.8 Å². The van der Waals surface area contributed by atoms with Crippen LogP contribution in [0.1, 0.15) is 25.7 Å². The second-order valence-electron chi connectivity index (χ2n) is 5.07. The summed E-state index contributed by atoms with van der Waals surface area (Å²) < 4.78 is 13.6. The quantitative estimate of drug-likeness (QED) is 0.749. The van der Waals surface area contributed by atoms with Gasteiger partial charge in [-0.2, -0.15) is 0 Å². The van der Waals surface area contributed by atoms with Crippen LogP contribution < -0.4 is 10.6 Å². The first-order chi connectivity index (χ1) is 9.58. The average molecular weight is 298 g/mol. The van der Waals surface area contributed by atoms with E-state index in [1.54, 1.807) is 18.4 Å². The summed E-state index contributed by atoms with van der Waals surface area (Å²) in [6.45, 7) is -0.0693. The van der Waals surface area contributed by atoms with Crippen molar-refractivity contribution in [2.75, 3.05) is 18.2 Å². The van der Waals surface area contributed by atoms with Crippen molar-refractivity contribution >= 4 is 23.5 Å². The molecule has 20 heavy (non-hydrogen) atoms. The molecule has 3 N–H and O–H groups in total. The molecule has 0 aromatic heterocycles. The van der Waals surface area contributed by atoms with Crippen LogP contribution in [0.5, 0.6) is 0 Å². The molecular formula is C14H19FN2O2S. The van der Waals surface area contributed by atoms with Crippen LogP contribution in [0.4, 0.5) is 14.9 Å². The maximum absolute atomic E-state index is 13.6. The molecule has 1 aromatic rings. The lowest BCUT2D eigenvalue weighted by Gasteiger charge is -2.28. The number of benzene rings is 1. The van der Waals surface area contributed by atoms with Crippen LogP contribution in [0.25, 0.3) is 0 Å². The molecule has 0 bridgehead atoms. The minimum Gasteiger partial charge on any atom is -0.394 e. The average Bonchev–Trinajstić information content (AvgIpc) is 2.88. The molecule has 2 amide bonds. The SMILES string of the molecule is CSc1ccc(NC(=O)NC2(CO)CCCC2)cc1F. The van der Waals surface area contributed by atoms with Gasteiger partial charge >= 0.3 is 6.03 Å². The fraction of sp³-hybridized carbons (Fsp3) is 0.500. The Morgan fingerprint density at radius 1 is 1.45 bits per heavy atom. The van der Waals surface area contributed by atoms with Crippen molar-refractivity contribution in [1.82, 2.24) is 5.32 Å². The number of halogens is 1. The summed E-state index contributed by atoms with van der Waals surface area (Å²) in [6, 6.07) is 4.19. The van der Waals surface area contributed by atoms with Crippen LogP contribution in [0.15, 0.2) is 23.1 Å². The number of carbonyl (C=O) groups excluding carboxylic acids is 1. The zero-order valence-corrected chi connectivity index (χ0v) is 12.2. The number of carbonyl (C=O) groups is 1. The maximum Gasteiger partial charge on any atom is 0.319 e. The molecule has 0 saturated heterocycles. The van der Waals surface area contributed by atoms with Crippen molar-refractivity contribution in [2.24, 2.45) is 0 Å². The Labute approximate surface area is 122 Å². The van der Waals surface area contributed by atoms with Gasteiger partial charge in [0.2, 0.25) is 0 Å². The van der Waals surface area contributed by atoms with Gasteiger partial charge in [-0.25, -0.2) is 9.18 Å². The minimum absolute atomic E-state index is 0.0693. The van der Waals surface area contributed by atoms with E-state index in [1.807, 2.05) is 0 Å². The molecule has 0 heterocycles. The highest BCUT2D eigenvalue weighted by atomic mass is 32.2. The van der Waals surface area contributed by atoms with Crippen LogP contribution in [0.3, 0.4) is 0 Å². The molecule has 0 radical (unpaired) electrons. The summed E-state index contributed by atoms with van der Waals surface area (Å²) in [5, 5.41) is 14.9. The van der Waals surface area contributed by atoms with E-state index in [0.717, 1.165) is 25.7 Å². The van der Waals surface area contributed by atoms with Crippen molar-refractivity contribution in [1.29, 1.82) is 0 Å². The smallest absolute Gasteiger partial charge is 0.319 e. The molecule has 1 aliphatic carbocycles. The van der Waals surface area contributed by atoms with Crippen LogP contribution in [-0.2, 0) is 0 Å². The third kappa shape index (κ3) is 3.43. The van der Waals surface area contributed by atoms with Gasteiger partial charge in [0.1, 0.15) is 5.82 Å². The van der Waals surface area contributed by atoms with Gasteiger partial charge in [0.05, 0.1) is 12.1 Å². The number of rotatable bonds is 4. The van der Waals surface area contributed by atoms with E-state index in [9.17, 15) is 14.3 Å². The molecule has 110 valence electrons. The zero-order chi connectivity index (χ0) is 14.6. The molecule has 6 heteroatoms. The Hall–Kier alpha value is -1.27. The minimum atomic E-state index is -0.526.